The van der Waals surface area contributed by atoms with Crippen LogP contribution in [-0.4, -0.2) is 21.0 Å². The van der Waals surface area contributed by atoms with Crippen molar-refractivity contribution in [2.24, 2.45) is 5.92 Å². The SMILES string of the molecule is Cc1ccc(CN2Cc3cc(C(=O)O)cnc3[C@@H]2C(C)C)cc1. The number of hydrogen-bond donors (Lipinski definition) is 1. The van der Waals surface area contributed by atoms with Crippen molar-refractivity contribution < 1.29 is 9.90 Å². The lowest BCUT2D eigenvalue weighted by Gasteiger charge is -2.27. The highest BCUT2D eigenvalue weighted by molar-refractivity contribution is 5.87. The van der Waals surface area contributed by atoms with Crippen molar-refractivity contribution in [1.82, 2.24) is 9.88 Å². The molecule has 0 saturated heterocycles. The van der Waals surface area contributed by atoms with Crippen molar-refractivity contribution in [3.05, 3.63) is 64.5 Å². The maximum absolute atomic E-state index is 11.2. The number of benzene rings is 1. The van der Waals surface area contributed by atoms with Crippen LogP contribution in [0.25, 0.3) is 0 Å². The molecular weight excluding hydrogens is 288 g/mol. The fourth-order valence-corrected chi connectivity index (χ4v) is 3.34. The highest BCUT2D eigenvalue weighted by Gasteiger charge is 2.34. The molecule has 0 saturated carbocycles. The Kier molecular flexibility index (Phi) is 4.18. The summed E-state index contributed by atoms with van der Waals surface area (Å²) in [7, 11) is 0. The summed E-state index contributed by atoms with van der Waals surface area (Å²) in [6, 6.07) is 10.6. The van der Waals surface area contributed by atoms with Crippen LogP contribution in [0.3, 0.4) is 0 Å². The van der Waals surface area contributed by atoms with E-state index >= 15 is 0 Å². The van der Waals surface area contributed by atoms with Crippen molar-refractivity contribution in [2.45, 2.75) is 39.9 Å². The van der Waals surface area contributed by atoms with Gasteiger partial charge in [-0.3, -0.25) is 9.88 Å². The third-order valence-corrected chi connectivity index (χ3v) is 4.43. The molecule has 120 valence electrons. The molecule has 4 heteroatoms. The van der Waals surface area contributed by atoms with Crippen molar-refractivity contribution in [3.63, 3.8) is 0 Å². The van der Waals surface area contributed by atoms with E-state index in [-0.39, 0.29) is 11.6 Å². The molecule has 0 spiro atoms. The number of aromatic nitrogens is 1. The van der Waals surface area contributed by atoms with Crippen LogP contribution in [0.4, 0.5) is 0 Å². The fourth-order valence-electron chi connectivity index (χ4n) is 3.34. The molecule has 0 radical (unpaired) electrons. The Bertz CT molecular complexity index is 723. The normalized spacial score (nSPS) is 17.5. The van der Waals surface area contributed by atoms with E-state index in [1.54, 1.807) is 6.07 Å². The van der Waals surface area contributed by atoms with Gasteiger partial charge in [0.15, 0.2) is 0 Å². The van der Waals surface area contributed by atoms with Gasteiger partial charge in [-0.1, -0.05) is 43.7 Å². The predicted molar refractivity (Wildman–Crippen MR) is 89.2 cm³/mol. The molecule has 0 fully saturated rings. The molecular formula is C19H22N2O2. The maximum Gasteiger partial charge on any atom is 0.337 e. The molecule has 1 N–H and O–H groups in total. The first-order valence-corrected chi connectivity index (χ1v) is 7.97. The average molecular weight is 310 g/mol. The highest BCUT2D eigenvalue weighted by atomic mass is 16.4. The molecule has 1 aromatic carbocycles. The molecule has 1 aliphatic heterocycles. The van der Waals surface area contributed by atoms with Gasteiger partial charge >= 0.3 is 5.97 Å². The van der Waals surface area contributed by atoms with Crippen LogP contribution in [0.15, 0.2) is 36.5 Å². The van der Waals surface area contributed by atoms with Crippen molar-refractivity contribution >= 4 is 5.97 Å². The highest BCUT2D eigenvalue weighted by Crippen LogP contribution is 2.38. The molecule has 3 rings (SSSR count). The second kappa shape index (κ2) is 6.13. The van der Waals surface area contributed by atoms with Crippen LogP contribution in [0.1, 0.15) is 52.6 Å². The van der Waals surface area contributed by atoms with E-state index in [9.17, 15) is 4.79 Å². The summed E-state index contributed by atoms with van der Waals surface area (Å²) in [6.07, 6.45) is 1.48. The number of hydrogen-bond acceptors (Lipinski definition) is 3. The minimum absolute atomic E-state index is 0.231. The third kappa shape index (κ3) is 3.13. The molecule has 2 heterocycles. The Labute approximate surface area is 136 Å². The minimum Gasteiger partial charge on any atom is -0.478 e. The largest absolute Gasteiger partial charge is 0.478 e. The van der Waals surface area contributed by atoms with Crippen molar-refractivity contribution in [2.75, 3.05) is 0 Å². The van der Waals surface area contributed by atoms with Gasteiger partial charge in [-0.25, -0.2) is 4.79 Å². The van der Waals surface area contributed by atoms with Crippen LogP contribution < -0.4 is 0 Å². The number of rotatable bonds is 4. The number of aromatic carboxylic acids is 1. The van der Waals surface area contributed by atoms with E-state index < -0.39 is 5.97 Å². The molecule has 1 aromatic heterocycles. The van der Waals surface area contributed by atoms with Crippen LogP contribution in [-0.2, 0) is 13.1 Å². The van der Waals surface area contributed by atoms with Gasteiger partial charge in [0.1, 0.15) is 0 Å². The van der Waals surface area contributed by atoms with Crippen LogP contribution >= 0.6 is 0 Å². The van der Waals surface area contributed by atoms with E-state index in [1.807, 2.05) is 0 Å². The average Bonchev–Trinajstić information content (AvgIpc) is 2.86. The zero-order chi connectivity index (χ0) is 16.6. The summed E-state index contributed by atoms with van der Waals surface area (Å²) in [5.41, 5.74) is 4.86. The smallest absolute Gasteiger partial charge is 0.337 e. The lowest BCUT2D eigenvalue weighted by Crippen LogP contribution is -2.25. The third-order valence-electron chi connectivity index (χ3n) is 4.43. The molecule has 23 heavy (non-hydrogen) atoms. The zero-order valence-electron chi connectivity index (χ0n) is 13.8. The van der Waals surface area contributed by atoms with Crippen molar-refractivity contribution in [1.29, 1.82) is 0 Å². The predicted octanol–water partition coefficient (Wildman–Crippen LogP) is 3.80. The summed E-state index contributed by atoms with van der Waals surface area (Å²) in [5.74, 6) is -0.497. The number of carboxylic acids is 1. The summed E-state index contributed by atoms with van der Waals surface area (Å²) in [5, 5.41) is 9.16. The Morgan fingerprint density at radius 1 is 1.35 bits per heavy atom. The summed E-state index contributed by atoms with van der Waals surface area (Å²) >= 11 is 0. The van der Waals surface area contributed by atoms with E-state index in [2.05, 4.69) is 54.9 Å². The van der Waals surface area contributed by atoms with Crippen LogP contribution in [0, 0.1) is 12.8 Å². The monoisotopic (exact) mass is 310 g/mol. The summed E-state index contributed by atoms with van der Waals surface area (Å²) in [6.45, 7) is 8.06. The fraction of sp³-hybridized carbons (Fsp3) is 0.368. The van der Waals surface area contributed by atoms with Gasteiger partial charge in [-0.2, -0.15) is 0 Å². The van der Waals surface area contributed by atoms with E-state index in [0.29, 0.717) is 5.92 Å². The minimum atomic E-state index is -0.918. The lowest BCUT2D eigenvalue weighted by atomic mass is 9.99. The van der Waals surface area contributed by atoms with Crippen LogP contribution in [0.5, 0.6) is 0 Å². The molecule has 0 bridgehead atoms. The second-order valence-corrected chi connectivity index (χ2v) is 6.65. The van der Waals surface area contributed by atoms with Gasteiger partial charge in [0, 0.05) is 19.3 Å². The summed E-state index contributed by atoms with van der Waals surface area (Å²) in [4.78, 5) is 18.0. The molecule has 4 nitrogen and oxygen atoms in total. The molecule has 1 atom stereocenters. The van der Waals surface area contributed by atoms with Gasteiger partial charge in [0.25, 0.3) is 0 Å². The van der Waals surface area contributed by atoms with Gasteiger partial charge in [0.05, 0.1) is 17.3 Å². The number of pyridine rings is 1. The van der Waals surface area contributed by atoms with Gasteiger partial charge < -0.3 is 5.11 Å². The molecule has 0 unspecified atom stereocenters. The topological polar surface area (TPSA) is 53.4 Å². The molecule has 1 aliphatic rings. The molecule has 0 aliphatic carbocycles. The second-order valence-electron chi connectivity index (χ2n) is 6.65. The van der Waals surface area contributed by atoms with Crippen LogP contribution in [0.2, 0.25) is 0 Å². The standard InChI is InChI=1S/C19H22N2O2/c1-12(2)18-17-16(8-15(9-20-17)19(22)23)11-21(18)10-14-6-4-13(3)5-7-14/h4-9,12,18H,10-11H2,1-3H3,(H,22,23)/t18-/m0/s1. The van der Waals surface area contributed by atoms with E-state index in [1.165, 1.54) is 17.3 Å². The maximum atomic E-state index is 11.2. The quantitative estimate of drug-likeness (QED) is 0.933. The lowest BCUT2D eigenvalue weighted by molar-refractivity contribution is 0.0696. The van der Waals surface area contributed by atoms with E-state index in [4.69, 9.17) is 5.11 Å². The number of carboxylic acid groups (broad SMARTS) is 1. The number of aryl methyl sites for hydroxylation is 1. The number of carbonyl (C=O) groups is 1. The number of nitrogens with zero attached hydrogens (tertiary/aromatic N) is 2. The number of fused-ring (bicyclic) bond motifs is 1. The Morgan fingerprint density at radius 3 is 2.65 bits per heavy atom. The first kappa shape index (κ1) is 15.7. The Balaban J connectivity index is 1.89. The first-order chi connectivity index (χ1) is 11.0. The van der Waals surface area contributed by atoms with Gasteiger partial charge in [-0.15, -0.1) is 0 Å². The first-order valence-electron chi connectivity index (χ1n) is 7.97. The summed E-state index contributed by atoms with van der Waals surface area (Å²) < 4.78 is 0. The molecule has 2 aromatic rings. The van der Waals surface area contributed by atoms with Gasteiger partial charge in [0.2, 0.25) is 0 Å². The molecule has 0 amide bonds. The van der Waals surface area contributed by atoms with Crippen molar-refractivity contribution in [3.8, 4) is 0 Å². The van der Waals surface area contributed by atoms with E-state index in [0.717, 1.165) is 24.3 Å². The zero-order valence-corrected chi connectivity index (χ0v) is 13.8. The van der Waals surface area contributed by atoms with Gasteiger partial charge in [-0.05, 0) is 30.0 Å². The Hall–Kier alpha value is -2.20. The Morgan fingerprint density at radius 2 is 2.04 bits per heavy atom.